The van der Waals surface area contributed by atoms with E-state index in [0.29, 0.717) is 0 Å². The van der Waals surface area contributed by atoms with Gasteiger partial charge in [-0.05, 0) is 17.6 Å². The van der Waals surface area contributed by atoms with Crippen LogP contribution in [0.4, 0.5) is 0 Å². The maximum atomic E-state index is 2.34. The molecule has 0 N–H and O–H groups in total. The Morgan fingerprint density at radius 2 is 1.87 bits per heavy atom. The molecule has 0 unspecified atom stereocenters. The van der Waals surface area contributed by atoms with Crippen LogP contribution in [0.25, 0.3) is 5.57 Å². The quantitative estimate of drug-likeness (QED) is 0.725. The first-order valence-electron chi connectivity index (χ1n) is 5.44. The van der Waals surface area contributed by atoms with Crippen molar-refractivity contribution in [3.8, 4) is 0 Å². The van der Waals surface area contributed by atoms with E-state index in [1.54, 1.807) is 0 Å². The first-order valence-corrected chi connectivity index (χ1v) is 5.44. The molecule has 0 aromatic heterocycles. The Kier molecular flexibility index (Phi) is 3.19. The van der Waals surface area contributed by atoms with Crippen LogP contribution in [0.2, 0.25) is 0 Å². The third-order valence-electron chi connectivity index (χ3n) is 2.90. The predicted octanol–water partition coefficient (Wildman–Crippen LogP) is 2.25. The highest BCUT2D eigenvalue weighted by Gasteiger charge is 2.13. The van der Waals surface area contributed by atoms with Gasteiger partial charge in [-0.15, -0.1) is 0 Å². The van der Waals surface area contributed by atoms with Crippen molar-refractivity contribution in [3.05, 3.63) is 42.0 Å². The maximum Gasteiger partial charge on any atom is 0.0319 e. The molecule has 1 aromatic carbocycles. The summed E-state index contributed by atoms with van der Waals surface area (Å²) in [6, 6.07) is 10.7. The van der Waals surface area contributed by atoms with Crippen molar-refractivity contribution in [2.75, 3.05) is 27.2 Å². The van der Waals surface area contributed by atoms with E-state index in [1.807, 2.05) is 0 Å². The molecule has 0 amide bonds. The van der Waals surface area contributed by atoms with Gasteiger partial charge in [0.05, 0.1) is 0 Å². The summed E-state index contributed by atoms with van der Waals surface area (Å²) in [5.41, 5.74) is 2.85. The summed E-state index contributed by atoms with van der Waals surface area (Å²) in [6.07, 6.45) is 3.47. The van der Waals surface area contributed by atoms with Crippen LogP contribution < -0.4 is 0 Å². The second kappa shape index (κ2) is 4.60. The zero-order valence-corrected chi connectivity index (χ0v) is 9.48. The van der Waals surface area contributed by atoms with Crippen molar-refractivity contribution in [3.63, 3.8) is 0 Å². The molecule has 1 aromatic rings. The molecule has 0 atom stereocenters. The summed E-state index contributed by atoms with van der Waals surface area (Å²) in [6.45, 7) is 2.14. The van der Waals surface area contributed by atoms with Gasteiger partial charge in [0.1, 0.15) is 0 Å². The Balaban J connectivity index is 2.09. The fraction of sp³-hybridized carbons (Fsp3) is 0.385. The SMILES string of the molecule is CN(C)N1CC=C(c2ccccc2)CC1. The molecule has 0 aliphatic carbocycles. The van der Waals surface area contributed by atoms with Crippen molar-refractivity contribution in [2.24, 2.45) is 0 Å². The summed E-state index contributed by atoms with van der Waals surface area (Å²) < 4.78 is 0. The third kappa shape index (κ3) is 2.46. The van der Waals surface area contributed by atoms with Crippen molar-refractivity contribution < 1.29 is 0 Å². The van der Waals surface area contributed by atoms with Crippen molar-refractivity contribution in [1.82, 2.24) is 10.0 Å². The van der Waals surface area contributed by atoms with E-state index in [-0.39, 0.29) is 0 Å². The van der Waals surface area contributed by atoms with Gasteiger partial charge in [0, 0.05) is 27.2 Å². The van der Waals surface area contributed by atoms with Gasteiger partial charge < -0.3 is 0 Å². The summed E-state index contributed by atoms with van der Waals surface area (Å²) in [7, 11) is 4.20. The molecule has 1 heterocycles. The number of hydrogen-bond acceptors (Lipinski definition) is 2. The minimum atomic E-state index is 1.03. The van der Waals surface area contributed by atoms with E-state index in [4.69, 9.17) is 0 Å². The normalized spacial score (nSPS) is 17.9. The van der Waals surface area contributed by atoms with E-state index in [9.17, 15) is 0 Å². The molecule has 0 fully saturated rings. The molecular weight excluding hydrogens is 184 g/mol. The van der Waals surface area contributed by atoms with Crippen LogP contribution in [-0.2, 0) is 0 Å². The highest BCUT2D eigenvalue weighted by Crippen LogP contribution is 2.21. The van der Waals surface area contributed by atoms with E-state index in [1.165, 1.54) is 11.1 Å². The Labute approximate surface area is 91.8 Å². The molecule has 2 heteroatoms. The Morgan fingerprint density at radius 1 is 1.13 bits per heavy atom. The Hall–Kier alpha value is -1.12. The maximum absolute atomic E-state index is 2.34. The lowest BCUT2D eigenvalue weighted by Crippen LogP contribution is -2.39. The molecule has 0 saturated carbocycles. The largest absolute Gasteiger partial charge is 0.248 e. The van der Waals surface area contributed by atoms with Gasteiger partial charge in [-0.25, -0.2) is 10.0 Å². The van der Waals surface area contributed by atoms with Crippen LogP contribution >= 0.6 is 0 Å². The predicted molar refractivity (Wildman–Crippen MR) is 64.3 cm³/mol. The molecule has 1 aliphatic rings. The molecule has 2 nitrogen and oxygen atoms in total. The lowest BCUT2D eigenvalue weighted by molar-refractivity contribution is 0.0375. The van der Waals surface area contributed by atoms with E-state index < -0.39 is 0 Å². The summed E-state index contributed by atoms with van der Waals surface area (Å²) >= 11 is 0. The monoisotopic (exact) mass is 202 g/mol. The molecule has 1 aliphatic heterocycles. The number of rotatable bonds is 2. The number of hydrogen-bond donors (Lipinski definition) is 0. The smallest absolute Gasteiger partial charge is 0.0319 e. The van der Waals surface area contributed by atoms with E-state index in [0.717, 1.165) is 19.5 Å². The van der Waals surface area contributed by atoms with Gasteiger partial charge in [-0.1, -0.05) is 36.4 Å². The van der Waals surface area contributed by atoms with Gasteiger partial charge in [0.25, 0.3) is 0 Å². The van der Waals surface area contributed by atoms with Gasteiger partial charge in [-0.3, -0.25) is 0 Å². The van der Waals surface area contributed by atoms with Crippen molar-refractivity contribution in [1.29, 1.82) is 0 Å². The zero-order chi connectivity index (χ0) is 10.7. The lowest BCUT2D eigenvalue weighted by atomic mass is 10.0. The van der Waals surface area contributed by atoms with Gasteiger partial charge in [0.2, 0.25) is 0 Å². The van der Waals surface area contributed by atoms with Crippen LogP contribution in [0.5, 0.6) is 0 Å². The summed E-state index contributed by atoms with van der Waals surface area (Å²) in [5.74, 6) is 0. The zero-order valence-electron chi connectivity index (χ0n) is 9.48. The number of benzene rings is 1. The van der Waals surface area contributed by atoms with Crippen LogP contribution in [0.3, 0.4) is 0 Å². The van der Waals surface area contributed by atoms with Crippen LogP contribution in [0.1, 0.15) is 12.0 Å². The van der Waals surface area contributed by atoms with E-state index >= 15 is 0 Å². The van der Waals surface area contributed by atoms with Crippen LogP contribution in [0, 0.1) is 0 Å². The number of hydrazine groups is 1. The molecule has 15 heavy (non-hydrogen) atoms. The van der Waals surface area contributed by atoms with Crippen LogP contribution in [0.15, 0.2) is 36.4 Å². The highest BCUT2D eigenvalue weighted by atomic mass is 15.6. The molecule has 0 saturated heterocycles. The Bertz CT molecular complexity index is 341. The molecular formula is C13H18N2. The molecule has 2 rings (SSSR count). The molecule has 0 bridgehead atoms. The van der Waals surface area contributed by atoms with Gasteiger partial charge >= 0.3 is 0 Å². The fourth-order valence-corrected chi connectivity index (χ4v) is 1.94. The van der Waals surface area contributed by atoms with Crippen molar-refractivity contribution >= 4 is 5.57 Å². The summed E-state index contributed by atoms with van der Waals surface area (Å²) in [5, 5.41) is 4.50. The second-order valence-electron chi connectivity index (χ2n) is 4.11. The van der Waals surface area contributed by atoms with Gasteiger partial charge in [-0.2, -0.15) is 0 Å². The third-order valence-corrected chi connectivity index (χ3v) is 2.90. The fourth-order valence-electron chi connectivity index (χ4n) is 1.94. The minimum Gasteiger partial charge on any atom is -0.248 e. The average Bonchev–Trinajstić information content (AvgIpc) is 2.30. The summed E-state index contributed by atoms with van der Waals surface area (Å²) in [4.78, 5) is 0. The number of nitrogens with zero attached hydrogens (tertiary/aromatic N) is 2. The molecule has 80 valence electrons. The van der Waals surface area contributed by atoms with Gasteiger partial charge in [0.15, 0.2) is 0 Å². The first-order chi connectivity index (χ1) is 7.27. The average molecular weight is 202 g/mol. The standard InChI is InChI=1S/C13H18N2/c1-14(2)15-10-8-13(9-11-15)12-6-4-3-5-7-12/h3-8H,9-11H2,1-2H3. The molecule has 0 radical (unpaired) electrons. The topological polar surface area (TPSA) is 6.48 Å². The molecule has 0 spiro atoms. The van der Waals surface area contributed by atoms with Crippen LogP contribution in [-0.4, -0.2) is 37.2 Å². The second-order valence-corrected chi connectivity index (χ2v) is 4.11. The Morgan fingerprint density at radius 3 is 2.40 bits per heavy atom. The highest BCUT2D eigenvalue weighted by molar-refractivity contribution is 5.66. The minimum absolute atomic E-state index is 1.03. The lowest BCUT2D eigenvalue weighted by Gasteiger charge is -2.31. The first kappa shape index (κ1) is 10.4. The van der Waals surface area contributed by atoms with Crippen molar-refractivity contribution in [2.45, 2.75) is 6.42 Å². The van der Waals surface area contributed by atoms with E-state index in [2.05, 4.69) is 60.5 Å².